The molecule has 3 aliphatic rings. The smallest absolute Gasteiger partial charge is 0.360 e. The van der Waals surface area contributed by atoms with E-state index in [-0.39, 0.29) is 6.98 Å². The van der Waals surface area contributed by atoms with Gasteiger partial charge in [0, 0.05) is 17.3 Å². The Bertz CT molecular complexity index is 1360. The first kappa shape index (κ1) is 17.2. The number of para-hydroxylation sites is 2. The van der Waals surface area contributed by atoms with Crippen LogP contribution < -0.4 is 19.7 Å². The molecule has 0 saturated heterocycles. The standard InChI is InChI=1S/C27H23BN3/c1-18(2)19-12-14-21(15-13-19)30-23-9-3-4-10-24(23)31-25-11-6-16-29-17-20-7-5-8-22(28(30)31)26(20)27(25)29/h3-16,18H,17H2,1-2H3/q+1. The molecule has 31 heavy (non-hydrogen) atoms. The zero-order valence-corrected chi connectivity index (χ0v) is 17.8. The van der Waals surface area contributed by atoms with Crippen molar-refractivity contribution in [2.45, 2.75) is 26.3 Å². The van der Waals surface area contributed by atoms with Crippen molar-refractivity contribution in [3.8, 4) is 11.3 Å². The lowest BCUT2D eigenvalue weighted by Gasteiger charge is -2.33. The van der Waals surface area contributed by atoms with E-state index in [2.05, 4.69) is 113 Å². The van der Waals surface area contributed by atoms with Crippen molar-refractivity contribution in [1.82, 2.24) is 0 Å². The van der Waals surface area contributed by atoms with Crippen LogP contribution in [0.3, 0.4) is 0 Å². The Balaban J connectivity index is 1.51. The lowest BCUT2D eigenvalue weighted by atomic mass is 9.59. The van der Waals surface area contributed by atoms with Crippen LogP contribution in [-0.2, 0) is 6.54 Å². The van der Waals surface area contributed by atoms with E-state index in [1.165, 1.54) is 50.6 Å². The number of fused-ring (bicyclic) bond motifs is 5. The average Bonchev–Trinajstić information content (AvgIpc) is 3.35. The highest BCUT2D eigenvalue weighted by Gasteiger charge is 2.52. The molecule has 0 atom stereocenters. The Morgan fingerprint density at radius 2 is 1.52 bits per heavy atom. The summed E-state index contributed by atoms with van der Waals surface area (Å²) in [6, 6.07) is 29.3. The molecular formula is C27H23BN3+. The normalized spacial score (nSPS) is 14.7. The predicted octanol–water partition coefficient (Wildman–Crippen LogP) is 5.12. The number of aromatic nitrogens is 1. The summed E-state index contributed by atoms with van der Waals surface area (Å²) >= 11 is 0. The van der Waals surface area contributed by atoms with E-state index < -0.39 is 0 Å². The van der Waals surface area contributed by atoms with Crippen LogP contribution in [-0.4, -0.2) is 6.98 Å². The summed E-state index contributed by atoms with van der Waals surface area (Å²) in [6.07, 6.45) is 2.22. The molecule has 0 radical (unpaired) electrons. The lowest BCUT2D eigenvalue weighted by molar-refractivity contribution is -0.671. The SMILES string of the molecule is CC(C)c1ccc(N2B3c4cccc5c4-c4c(ccc[n+]4C5)N3c3ccccc32)cc1. The third-order valence-electron chi connectivity index (χ3n) is 7.08. The minimum atomic E-state index is 0.124. The molecule has 3 aromatic carbocycles. The lowest BCUT2D eigenvalue weighted by Crippen LogP contribution is -2.56. The molecule has 0 bridgehead atoms. The van der Waals surface area contributed by atoms with E-state index >= 15 is 0 Å². The van der Waals surface area contributed by atoms with Gasteiger partial charge in [0.2, 0.25) is 5.69 Å². The third kappa shape index (κ3) is 2.17. The third-order valence-corrected chi connectivity index (χ3v) is 7.08. The first-order chi connectivity index (χ1) is 15.2. The van der Waals surface area contributed by atoms with Crippen molar-refractivity contribution in [2.75, 3.05) is 9.62 Å². The number of hydrogen-bond acceptors (Lipinski definition) is 2. The largest absolute Gasteiger partial charge is 0.421 e. The molecule has 4 heteroatoms. The van der Waals surface area contributed by atoms with Gasteiger partial charge in [-0.2, -0.15) is 4.57 Å². The van der Waals surface area contributed by atoms with Gasteiger partial charge in [0.25, 0.3) is 0 Å². The monoisotopic (exact) mass is 400 g/mol. The number of pyridine rings is 1. The Morgan fingerprint density at radius 1 is 0.774 bits per heavy atom. The van der Waals surface area contributed by atoms with Crippen LogP contribution >= 0.6 is 0 Å². The number of anilines is 4. The first-order valence-corrected chi connectivity index (χ1v) is 11.1. The van der Waals surface area contributed by atoms with Crippen molar-refractivity contribution in [2.24, 2.45) is 0 Å². The Morgan fingerprint density at radius 3 is 2.29 bits per heavy atom. The minimum Gasteiger partial charge on any atom is -0.360 e. The summed E-state index contributed by atoms with van der Waals surface area (Å²) in [7, 11) is 0. The van der Waals surface area contributed by atoms with E-state index in [4.69, 9.17) is 0 Å². The maximum Gasteiger partial charge on any atom is 0.421 e. The molecule has 0 N–H and O–H groups in total. The second kappa shape index (κ2) is 6.01. The van der Waals surface area contributed by atoms with Gasteiger partial charge in [0.15, 0.2) is 12.7 Å². The highest BCUT2D eigenvalue weighted by molar-refractivity contribution is 6.86. The van der Waals surface area contributed by atoms with Crippen molar-refractivity contribution in [3.05, 3.63) is 96.2 Å². The Labute approximate surface area is 183 Å². The molecule has 3 nitrogen and oxygen atoms in total. The summed E-state index contributed by atoms with van der Waals surface area (Å²) in [5, 5.41) is 0. The van der Waals surface area contributed by atoms with Gasteiger partial charge in [0.1, 0.15) is 5.69 Å². The molecule has 3 aliphatic heterocycles. The van der Waals surface area contributed by atoms with Crippen molar-refractivity contribution >= 4 is 35.2 Å². The van der Waals surface area contributed by atoms with E-state index in [0.29, 0.717) is 5.92 Å². The number of nitrogens with zero attached hydrogens (tertiary/aromatic N) is 3. The molecule has 1 aromatic heterocycles. The molecule has 0 fully saturated rings. The van der Waals surface area contributed by atoms with Gasteiger partial charge in [-0.15, -0.1) is 0 Å². The quantitative estimate of drug-likeness (QED) is 0.301. The molecule has 148 valence electrons. The Hall–Kier alpha value is -3.53. The molecule has 4 aromatic rings. The molecular weight excluding hydrogens is 377 g/mol. The van der Waals surface area contributed by atoms with Crippen LogP contribution in [0, 0.1) is 0 Å². The second-order valence-corrected chi connectivity index (χ2v) is 9.10. The maximum atomic E-state index is 2.54. The fourth-order valence-corrected chi connectivity index (χ4v) is 5.67. The van der Waals surface area contributed by atoms with Gasteiger partial charge < -0.3 is 9.62 Å². The minimum absolute atomic E-state index is 0.124. The van der Waals surface area contributed by atoms with E-state index in [0.717, 1.165) is 6.54 Å². The topological polar surface area (TPSA) is 10.4 Å². The van der Waals surface area contributed by atoms with Crippen LogP contribution in [0.4, 0.5) is 22.7 Å². The van der Waals surface area contributed by atoms with Gasteiger partial charge in [-0.05, 0) is 47.3 Å². The molecule has 0 unspecified atom stereocenters. The van der Waals surface area contributed by atoms with Gasteiger partial charge in [-0.25, -0.2) is 0 Å². The van der Waals surface area contributed by atoms with Crippen LogP contribution in [0.2, 0.25) is 0 Å². The molecule has 4 heterocycles. The summed E-state index contributed by atoms with van der Waals surface area (Å²) in [5.74, 6) is 0.533. The van der Waals surface area contributed by atoms with E-state index in [9.17, 15) is 0 Å². The van der Waals surface area contributed by atoms with E-state index in [1.54, 1.807) is 0 Å². The fraction of sp³-hybridized carbons (Fsp3) is 0.148. The van der Waals surface area contributed by atoms with Crippen molar-refractivity contribution in [3.63, 3.8) is 0 Å². The van der Waals surface area contributed by atoms with E-state index in [1.807, 2.05) is 0 Å². The summed E-state index contributed by atoms with van der Waals surface area (Å²) < 4.78 is 2.41. The van der Waals surface area contributed by atoms with Crippen LogP contribution in [0.15, 0.2) is 85.1 Å². The Kier molecular flexibility index (Phi) is 3.33. The van der Waals surface area contributed by atoms with Gasteiger partial charge in [-0.3, -0.25) is 0 Å². The molecule has 7 rings (SSSR count). The van der Waals surface area contributed by atoms with Gasteiger partial charge in [0.05, 0.1) is 16.9 Å². The highest BCUT2D eigenvalue weighted by Crippen LogP contribution is 2.51. The molecule has 0 amide bonds. The van der Waals surface area contributed by atoms with Crippen LogP contribution in [0.25, 0.3) is 11.3 Å². The fourth-order valence-electron chi connectivity index (χ4n) is 5.67. The second-order valence-electron chi connectivity index (χ2n) is 9.10. The molecule has 0 aliphatic carbocycles. The summed E-state index contributed by atoms with van der Waals surface area (Å²) in [6.45, 7) is 5.58. The molecule has 0 saturated carbocycles. The predicted molar refractivity (Wildman–Crippen MR) is 128 cm³/mol. The van der Waals surface area contributed by atoms with Crippen LogP contribution in [0.5, 0.6) is 0 Å². The highest BCUT2D eigenvalue weighted by atomic mass is 15.3. The van der Waals surface area contributed by atoms with Gasteiger partial charge >= 0.3 is 6.98 Å². The zero-order chi connectivity index (χ0) is 20.7. The average molecular weight is 400 g/mol. The van der Waals surface area contributed by atoms with Gasteiger partial charge in [-0.1, -0.05) is 56.3 Å². The maximum absolute atomic E-state index is 2.54. The number of hydrogen-bond donors (Lipinski definition) is 0. The van der Waals surface area contributed by atoms with Crippen molar-refractivity contribution < 1.29 is 4.57 Å². The number of benzene rings is 3. The molecule has 0 spiro atoms. The summed E-state index contributed by atoms with van der Waals surface area (Å²) in [5.41, 5.74) is 12.1. The zero-order valence-electron chi connectivity index (χ0n) is 17.8. The van der Waals surface area contributed by atoms with Crippen LogP contribution in [0.1, 0.15) is 30.9 Å². The summed E-state index contributed by atoms with van der Waals surface area (Å²) in [4.78, 5) is 5.06. The first-order valence-electron chi connectivity index (χ1n) is 11.1. The van der Waals surface area contributed by atoms with Crippen molar-refractivity contribution in [1.29, 1.82) is 0 Å². The number of rotatable bonds is 2.